The molecular weight excluding hydrogens is 252 g/mol. The zero-order chi connectivity index (χ0) is 14.8. The number of aryl methyl sites for hydroxylation is 2. The van der Waals surface area contributed by atoms with Gasteiger partial charge in [-0.1, -0.05) is 19.3 Å². The highest BCUT2D eigenvalue weighted by atomic mass is 16.3. The third-order valence-corrected chi connectivity index (χ3v) is 4.76. The molecule has 4 heteroatoms. The van der Waals surface area contributed by atoms with E-state index < -0.39 is 0 Å². The first-order valence-electron chi connectivity index (χ1n) is 7.54. The molecule has 0 radical (unpaired) electrons. The van der Waals surface area contributed by atoms with Crippen molar-refractivity contribution in [2.45, 2.75) is 52.9 Å². The number of carbonyl (C=O) groups is 1. The minimum absolute atomic E-state index is 0.0322. The molecule has 0 atom stereocenters. The molecule has 0 aliphatic heterocycles. The van der Waals surface area contributed by atoms with Crippen LogP contribution in [0.25, 0.3) is 0 Å². The topological polar surface area (TPSA) is 68.3 Å². The Morgan fingerprint density at radius 2 is 1.85 bits per heavy atom. The van der Waals surface area contributed by atoms with Gasteiger partial charge in [0.1, 0.15) is 11.5 Å². The Kier molecular flexibility index (Phi) is 4.53. The highest BCUT2D eigenvalue weighted by Gasteiger charge is 2.31. The van der Waals surface area contributed by atoms with Gasteiger partial charge in [0.2, 0.25) is 0 Å². The number of carbonyl (C=O) groups excluding carboxylic acids is 1. The Hall–Kier alpha value is -1.29. The van der Waals surface area contributed by atoms with Gasteiger partial charge < -0.3 is 15.5 Å². The van der Waals surface area contributed by atoms with Crippen LogP contribution in [-0.2, 0) is 0 Å². The van der Waals surface area contributed by atoms with Crippen LogP contribution in [0.5, 0.6) is 0 Å². The lowest BCUT2D eigenvalue weighted by atomic mass is 9.74. The zero-order valence-electron chi connectivity index (χ0n) is 12.8. The summed E-state index contributed by atoms with van der Waals surface area (Å²) >= 11 is 0. The fourth-order valence-electron chi connectivity index (χ4n) is 3.24. The molecule has 1 aliphatic rings. The minimum Gasteiger partial charge on any atom is -0.466 e. The highest BCUT2D eigenvalue weighted by Crippen LogP contribution is 2.34. The maximum Gasteiger partial charge on any atom is 0.255 e. The summed E-state index contributed by atoms with van der Waals surface area (Å²) in [5.74, 6) is 1.48. The molecule has 20 heavy (non-hydrogen) atoms. The van der Waals surface area contributed by atoms with Crippen molar-refractivity contribution in [3.8, 4) is 0 Å². The normalized spacial score (nSPS) is 18.0. The minimum atomic E-state index is -0.0322. The quantitative estimate of drug-likeness (QED) is 0.890. The van der Waals surface area contributed by atoms with Crippen molar-refractivity contribution >= 4 is 5.91 Å². The number of rotatable bonds is 4. The fourth-order valence-corrected chi connectivity index (χ4v) is 3.24. The standard InChI is InChI=1S/C16H26N2O2/c1-11-12(2)20-13(3)14(11)15(19)18-10-16(9-17)7-5-4-6-8-16/h4-10,17H2,1-3H3,(H,18,19). The number of furan rings is 1. The second-order valence-electron chi connectivity index (χ2n) is 6.16. The second kappa shape index (κ2) is 6.00. The van der Waals surface area contributed by atoms with Crippen molar-refractivity contribution in [3.63, 3.8) is 0 Å². The summed E-state index contributed by atoms with van der Waals surface area (Å²) in [6.07, 6.45) is 5.96. The maximum absolute atomic E-state index is 12.4. The van der Waals surface area contributed by atoms with E-state index in [-0.39, 0.29) is 11.3 Å². The van der Waals surface area contributed by atoms with E-state index in [0.717, 1.165) is 24.2 Å². The van der Waals surface area contributed by atoms with Crippen LogP contribution >= 0.6 is 0 Å². The smallest absolute Gasteiger partial charge is 0.255 e. The van der Waals surface area contributed by atoms with Gasteiger partial charge in [0.25, 0.3) is 5.91 Å². The van der Waals surface area contributed by atoms with E-state index in [1.54, 1.807) is 0 Å². The van der Waals surface area contributed by atoms with Crippen molar-refractivity contribution in [1.29, 1.82) is 0 Å². The Morgan fingerprint density at radius 1 is 1.20 bits per heavy atom. The van der Waals surface area contributed by atoms with Crippen LogP contribution < -0.4 is 11.1 Å². The molecule has 0 bridgehead atoms. The van der Waals surface area contributed by atoms with Crippen molar-refractivity contribution < 1.29 is 9.21 Å². The Balaban J connectivity index is 2.04. The largest absolute Gasteiger partial charge is 0.466 e. The third kappa shape index (κ3) is 2.90. The lowest BCUT2D eigenvalue weighted by molar-refractivity contribution is 0.0912. The first kappa shape index (κ1) is 15.1. The Bertz CT molecular complexity index is 485. The van der Waals surface area contributed by atoms with Gasteiger partial charge in [0, 0.05) is 12.1 Å². The van der Waals surface area contributed by atoms with E-state index >= 15 is 0 Å². The molecule has 3 N–H and O–H groups in total. The number of nitrogens with two attached hydrogens (primary N) is 1. The van der Waals surface area contributed by atoms with E-state index in [4.69, 9.17) is 10.2 Å². The van der Waals surface area contributed by atoms with Gasteiger partial charge in [-0.25, -0.2) is 0 Å². The van der Waals surface area contributed by atoms with Crippen molar-refractivity contribution in [1.82, 2.24) is 5.32 Å². The van der Waals surface area contributed by atoms with E-state index in [2.05, 4.69) is 5.32 Å². The van der Waals surface area contributed by atoms with Crippen LogP contribution in [0.4, 0.5) is 0 Å². The van der Waals surface area contributed by atoms with Gasteiger partial charge in [-0.15, -0.1) is 0 Å². The molecule has 4 nitrogen and oxygen atoms in total. The number of hydrogen-bond donors (Lipinski definition) is 2. The summed E-state index contributed by atoms with van der Waals surface area (Å²) in [6.45, 7) is 6.98. The van der Waals surface area contributed by atoms with Crippen LogP contribution in [0, 0.1) is 26.2 Å². The summed E-state index contributed by atoms with van der Waals surface area (Å²) < 4.78 is 5.52. The lowest BCUT2D eigenvalue weighted by Crippen LogP contribution is -2.43. The molecule has 1 amide bonds. The summed E-state index contributed by atoms with van der Waals surface area (Å²) in [7, 11) is 0. The molecule has 1 fully saturated rings. The van der Waals surface area contributed by atoms with Crippen molar-refractivity contribution in [3.05, 3.63) is 22.6 Å². The predicted molar refractivity (Wildman–Crippen MR) is 79.8 cm³/mol. The molecule has 0 aromatic carbocycles. The zero-order valence-corrected chi connectivity index (χ0v) is 12.8. The molecule has 112 valence electrons. The molecule has 1 aliphatic carbocycles. The third-order valence-electron chi connectivity index (χ3n) is 4.76. The SMILES string of the molecule is Cc1oc(C)c(C(=O)NCC2(CN)CCCCC2)c1C. The Morgan fingerprint density at radius 3 is 2.35 bits per heavy atom. The monoisotopic (exact) mass is 278 g/mol. The van der Waals surface area contributed by atoms with Crippen molar-refractivity contribution in [2.24, 2.45) is 11.1 Å². The van der Waals surface area contributed by atoms with Gasteiger partial charge >= 0.3 is 0 Å². The van der Waals surface area contributed by atoms with Gasteiger partial charge in [-0.05, 0) is 45.6 Å². The molecule has 0 saturated heterocycles. The maximum atomic E-state index is 12.4. The summed E-state index contributed by atoms with van der Waals surface area (Å²) in [5.41, 5.74) is 7.67. The average molecular weight is 278 g/mol. The summed E-state index contributed by atoms with van der Waals surface area (Å²) in [6, 6.07) is 0. The summed E-state index contributed by atoms with van der Waals surface area (Å²) in [4.78, 5) is 12.4. The number of amides is 1. The van der Waals surface area contributed by atoms with Crippen LogP contribution in [0.1, 0.15) is 59.5 Å². The van der Waals surface area contributed by atoms with Gasteiger partial charge in [0.15, 0.2) is 0 Å². The predicted octanol–water partition coefficient (Wildman–Crippen LogP) is 2.84. The number of nitrogens with one attached hydrogen (secondary N) is 1. The second-order valence-corrected chi connectivity index (χ2v) is 6.16. The van der Waals surface area contributed by atoms with E-state index in [9.17, 15) is 4.79 Å². The van der Waals surface area contributed by atoms with Crippen molar-refractivity contribution in [2.75, 3.05) is 13.1 Å². The van der Waals surface area contributed by atoms with Crippen LogP contribution in [-0.4, -0.2) is 19.0 Å². The van der Waals surface area contributed by atoms with Gasteiger partial charge in [0.05, 0.1) is 5.56 Å². The van der Waals surface area contributed by atoms with E-state index in [0.29, 0.717) is 24.4 Å². The number of hydrogen-bond acceptors (Lipinski definition) is 3. The molecule has 1 saturated carbocycles. The Labute approximate surface area is 121 Å². The van der Waals surface area contributed by atoms with E-state index in [1.807, 2.05) is 20.8 Å². The van der Waals surface area contributed by atoms with Crippen LogP contribution in [0.15, 0.2) is 4.42 Å². The van der Waals surface area contributed by atoms with Gasteiger partial charge in [-0.3, -0.25) is 4.79 Å². The molecule has 1 aromatic rings. The molecular formula is C16H26N2O2. The molecule has 0 unspecified atom stereocenters. The fraction of sp³-hybridized carbons (Fsp3) is 0.688. The molecule has 1 aromatic heterocycles. The molecule has 1 heterocycles. The van der Waals surface area contributed by atoms with Crippen LogP contribution in [0.3, 0.4) is 0 Å². The molecule has 0 spiro atoms. The van der Waals surface area contributed by atoms with Gasteiger partial charge in [-0.2, -0.15) is 0 Å². The highest BCUT2D eigenvalue weighted by molar-refractivity contribution is 5.96. The first-order valence-corrected chi connectivity index (χ1v) is 7.54. The lowest BCUT2D eigenvalue weighted by Gasteiger charge is -2.36. The average Bonchev–Trinajstić information content (AvgIpc) is 2.71. The van der Waals surface area contributed by atoms with Crippen LogP contribution in [0.2, 0.25) is 0 Å². The first-order chi connectivity index (χ1) is 9.49. The van der Waals surface area contributed by atoms with E-state index in [1.165, 1.54) is 19.3 Å². The molecule has 2 rings (SSSR count). The summed E-state index contributed by atoms with van der Waals surface area (Å²) in [5, 5.41) is 3.08.